The summed E-state index contributed by atoms with van der Waals surface area (Å²) in [7, 11) is 3.20. The van der Waals surface area contributed by atoms with Crippen LogP contribution in [0.2, 0.25) is 0 Å². The Balaban J connectivity index is 2.31. The topological polar surface area (TPSA) is 60.7 Å². The predicted molar refractivity (Wildman–Crippen MR) is 94.3 cm³/mol. The van der Waals surface area contributed by atoms with E-state index in [4.69, 9.17) is 9.47 Å². The van der Waals surface area contributed by atoms with Crippen LogP contribution in [0, 0.1) is 0 Å². The molecule has 0 fully saturated rings. The van der Waals surface area contributed by atoms with Gasteiger partial charge in [-0.25, -0.2) is 0 Å². The minimum absolute atomic E-state index is 0.00675. The average molecular weight is 331 g/mol. The van der Waals surface area contributed by atoms with E-state index in [-0.39, 0.29) is 16.7 Å². The van der Waals surface area contributed by atoms with Gasteiger partial charge < -0.3 is 19.1 Å². The van der Waals surface area contributed by atoms with Crippen molar-refractivity contribution in [1.82, 2.24) is 4.57 Å². The second kappa shape index (κ2) is 6.99. The van der Waals surface area contributed by atoms with E-state index in [2.05, 4.69) is 0 Å². The summed E-state index contributed by atoms with van der Waals surface area (Å²) in [6, 6.07) is 8.66. The Morgan fingerprint density at radius 2 is 1.71 bits per heavy atom. The molecule has 0 saturated heterocycles. The molecule has 0 bridgehead atoms. The van der Waals surface area contributed by atoms with Crippen molar-refractivity contribution in [2.24, 2.45) is 0 Å². The number of aromatic nitrogens is 1. The van der Waals surface area contributed by atoms with Crippen molar-refractivity contribution in [3.63, 3.8) is 0 Å². The van der Waals surface area contributed by atoms with Crippen LogP contribution in [0.3, 0.4) is 0 Å². The van der Waals surface area contributed by atoms with Crippen molar-refractivity contribution < 1.29 is 14.6 Å². The molecule has 0 spiro atoms. The van der Waals surface area contributed by atoms with Crippen molar-refractivity contribution >= 4 is 0 Å². The summed E-state index contributed by atoms with van der Waals surface area (Å²) in [6.07, 6.45) is 0.675. The van der Waals surface area contributed by atoms with Gasteiger partial charge in [-0.05, 0) is 24.1 Å². The molecule has 0 atom stereocenters. The number of nitrogens with zero attached hydrogens (tertiary/aromatic N) is 1. The van der Waals surface area contributed by atoms with E-state index in [1.165, 1.54) is 6.07 Å². The highest BCUT2D eigenvalue weighted by Crippen LogP contribution is 2.28. The van der Waals surface area contributed by atoms with Crippen LogP contribution in [0.25, 0.3) is 0 Å². The van der Waals surface area contributed by atoms with Crippen LogP contribution < -0.4 is 15.0 Å². The molecule has 1 aromatic carbocycles. The highest BCUT2D eigenvalue weighted by Gasteiger charge is 2.20. The van der Waals surface area contributed by atoms with Gasteiger partial charge in [-0.1, -0.05) is 26.8 Å². The molecule has 0 radical (unpaired) electrons. The smallest absolute Gasteiger partial charge is 0.254 e. The SMILES string of the molecule is COc1ccc(CCn2c(C(C)(C)C)cc(O)cc2=O)cc1OC. The van der Waals surface area contributed by atoms with Crippen LogP contribution in [-0.2, 0) is 18.4 Å². The van der Waals surface area contributed by atoms with Crippen LogP contribution in [0.5, 0.6) is 17.2 Å². The number of methoxy groups -OCH3 is 2. The van der Waals surface area contributed by atoms with E-state index >= 15 is 0 Å². The van der Waals surface area contributed by atoms with E-state index in [0.29, 0.717) is 24.5 Å². The zero-order chi connectivity index (χ0) is 17.9. The first-order valence-corrected chi connectivity index (χ1v) is 7.91. The molecule has 1 N–H and O–H groups in total. The number of aryl methyl sites for hydroxylation is 1. The van der Waals surface area contributed by atoms with Crippen LogP contribution in [-0.4, -0.2) is 23.9 Å². The third-order valence-electron chi connectivity index (χ3n) is 3.95. The van der Waals surface area contributed by atoms with Gasteiger partial charge in [0.25, 0.3) is 5.56 Å². The van der Waals surface area contributed by atoms with Crippen molar-refractivity contribution in [1.29, 1.82) is 0 Å². The molecule has 0 aliphatic carbocycles. The molecular formula is C19H25NO4. The predicted octanol–water partition coefficient (Wildman–Crippen LogP) is 3.11. The Kier molecular flexibility index (Phi) is 5.22. The van der Waals surface area contributed by atoms with Crippen molar-refractivity contribution in [3.05, 3.63) is 51.9 Å². The lowest BCUT2D eigenvalue weighted by atomic mass is 9.91. The number of pyridine rings is 1. The highest BCUT2D eigenvalue weighted by atomic mass is 16.5. The fourth-order valence-electron chi connectivity index (χ4n) is 2.71. The molecular weight excluding hydrogens is 306 g/mol. The van der Waals surface area contributed by atoms with E-state index in [1.807, 2.05) is 39.0 Å². The molecule has 1 heterocycles. The summed E-state index contributed by atoms with van der Waals surface area (Å²) >= 11 is 0. The van der Waals surface area contributed by atoms with Crippen LogP contribution in [0.4, 0.5) is 0 Å². The molecule has 0 aliphatic heterocycles. The minimum atomic E-state index is -0.241. The molecule has 5 nitrogen and oxygen atoms in total. The van der Waals surface area contributed by atoms with Crippen LogP contribution >= 0.6 is 0 Å². The van der Waals surface area contributed by atoms with Crippen LogP contribution in [0.1, 0.15) is 32.0 Å². The van der Waals surface area contributed by atoms with E-state index < -0.39 is 0 Å². The standard InChI is InChI=1S/C19H25NO4/c1-19(2,3)17-11-14(21)12-18(22)20(17)9-8-13-6-7-15(23-4)16(10-13)24-5/h6-7,10-12,21H,8-9H2,1-5H3. The Bertz CT molecular complexity index is 772. The Labute approximate surface area is 142 Å². The third-order valence-corrected chi connectivity index (χ3v) is 3.95. The third kappa shape index (κ3) is 3.91. The van der Waals surface area contributed by atoms with Gasteiger partial charge in [-0.3, -0.25) is 4.79 Å². The summed E-state index contributed by atoms with van der Waals surface area (Å²) < 4.78 is 12.3. The number of hydrogen-bond acceptors (Lipinski definition) is 4. The molecule has 0 unspecified atom stereocenters. The molecule has 0 amide bonds. The summed E-state index contributed by atoms with van der Waals surface area (Å²) in [4.78, 5) is 12.3. The van der Waals surface area contributed by atoms with Crippen LogP contribution in [0.15, 0.2) is 35.1 Å². The molecule has 2 rings (SSSR count). The summed E-state index contributed by atoms with van der Waals surface area (Å²) in [5.74, 6) is 1.36. The van der Waals surface area contributed by atoms with Gasteiger partial charge in [-0.2, -0.15) is 0 Å². The molecule has 5 heteroatoms. The number of ether oxygens (including phenoxy) is 2. The largest absolute Gasteiger partial charge is 0.508 e. The van der Waals surface area contributed by atoms with Gasteiger partial charge in [0.05, 0.1) is 14.2 Å². The first kappa shape index (κ1) is 17.9. The van der Waals surface area contributed by atoms with Gasteiger partial charge in [0.1, 0.15) is 5.75 Å². The Morgan fingerprint density at radius 3 is 2.29 bits per heavy atom. The zero-order valence-corrected chi connectivity index (χ0v) is 14.9. The molecule has 0 aliphatic rings. The van der Waals surface area contributed by atoms with Crippen molar-refractivity contribution in [2.45, 2.75) is 39.2 Å². The first-order valence-electron chi connectivity index (χ1n) is 7.91. The van der Waals surface area contributed by atoms with Gasteiger partial charge in [-0.15, -0.1) is 0 Å². The van der Waals surface area contributed by atoms with Crippen molar-refractivity contribution in [2.75, 3.05) is 14.2 Å². The van der Waals surface area contributed by atoms with Gasteiger partial charge in [0.15, 0.2) is 11.5 Å². The summed E-state index contributed by atoms with van der Waals surface area (Å²) in [5, 5.41) is 9.75. The van der Waals surface area contributed by atoms with Gasteiger partial charge >= 0.3 is 0 Å². The average Bonchev–Trinajstić information content (AvgIpc) is 2.52. The molecule has 0 saturated carbocycles. The lowest BCUT2D eigenvalue weighted by Gasteiger charge is -2.24. The Morgan fingerprint density at radius 1 is 1.04 bits per heavy atom. The zero-order valence-electron chi connectivity index (χ0n) is 14.9. The minimum Gasteiger partial charge on any atom is -0.508 e. The highest BCUT2D eigenvalue weighted by molar-refractivity contribution is 5.43. The van der Waals surface area contributed by atoms with Gasteiger partial charge in [0.2, 0.25) is 0 Å². The number of aromatic hydroxyl groups is 1. The fraction of sp³-hybridized carbons (Fsp3) is 0.421. The molecule has 1 aromatic heterocycles. The maximum absolute atomic E-state index is 12.3. The maximum atomic E-state index is 12.3. The normalized spacial score (nSPS) is 11.4. The van der Waals surface area contributed by atoms with E-state index in [9.17, 15) is 9.90 Å². The quantitative estimate of drug-likeness (QED) is 0.914. The van der Waals surface area contributed by atoms with Crippen molar-refractivity contribution in [3.8, 4) is 17.2 Å². The second-order valence-electron chi connectivity index (χ2n) is 6.78. The summed E-state index contributed by atoms with van der Waals surface area (Å²) in [6.45, 7) is 6.59. The van der Waals surface area contributed by atoms with E-state index in [1.54, 1.807) is 24.9 Å². The second-order valence-corrected chi connectivity index (χ2v) is 6.78. The molecule has 24 heavy (non-hydrogen) atoms. The Hall–Kier alpha value is -2.43. The number of rotatable bonds is 5. The fourth-order valence-corrected chi connectivity index (χ4v) is 2.71. The molecule has 2 aromatic rings. The summed E-state index contributed by atoms with van der Waals surface area (Å²) in [5.41, 5.74) is 1.43. The monoisotopic (exact) mass is 331 g/mol. The molecule has 130 valence electrons. The number of benzene rings is 1. The first-order chi connectivity index (χ1) is 11.3. The van der Waals surface area contributed by atoms with Gasteiger partial charge in [0, 0.05) is 29.8 Å². The lowest BCUT2D eigenvalue weighted by molar-refractivity contribution is 0.354. The number of hydrogen-bond donors (Lipinski definition) is 1. The maximum Gasteiger partial charge on any atom is 0.254 e. The van der Waals surface area contributed by atoms with E-state index in [0.717, 1.165) is 11.3 Å². The lowest BCUT2D eigenvalue weighted by Crippen LogP contribution is -2.29.